The first-order valence-corrected chi connectivity index (χ1v) is 6.00. The van der Waals surface area contributed by atoms with Crippen molar-refractivity contribution in [3.8, 4) is 11.3 Å². The fourth-order valence-corrected chi connectivity index (χ4v) is 1.96. The minimum Gasteiger partial charge on any atom is -0.381 e. The maximum absolute atomic E-state index is 14.1. The Morgan fingerprint density at radius 2 is 2.11 bits per heavy atom. The number of hydrogen-bond acceptors (Lipinski definition) is 3. The quantitative estimate of drug-likeness (QED) is 0.903. The third kappa shape index (κ3) is 2.23. The van der Waals surface area contributed by atoms with Crippen molar-refractivity contribution in [1.29, 1.82) is 0 Å². The summed E-state index contributed by atoms with van der Waals surface area (Å²) < 4.78 is 19.3. The van der Waals surface area contributed by atoms with Gasteiger partial charge in [0.25, 0.3) is 0 Å². The van der Waals surface area contributed by atoms with Crippen LogP contribution >= 0.6 is 0 Å². The summed E-state index contributed by atoms with van der Waals surface area (Å²) in [6.45, 7) is 5.87. The number of nitrogens with zero attached hydrogens (tertiary/aromatic N) is 1. The van der Waals surface area contributed by atoms with Gasteiger partial charge in [0, 0.05) is 5.56 Å². The molecule has 1 heterocycles. The largest absolute Gasteiger partial charge is 0.381 e. The highest BCUT2D eigenvalue weighted by Gasteiger charge is 2.20. The Kier molecular flexibility index (Phi) is 3.36. The number of aromatic nitrogens is 1. The van der Waals surface area contributed by atoms with E-state index in [1.165, 1.54) is 0 Å². The molecule has 2 N–H and O–H groups in total. The smallest absolute Gasteiger partial charge is 0.175 e. The molecule has 0 unspecified atom stereocenters. The summed E-state index contributed by atoms with van der Waals surface area (Å²) in [6.07, 6.45) is 0.720. The Morgan fingerprint density at radius 1 is 1.39 bits per heavy atom. The predicted octanol–water partition coefficient (Wildman–Crippen LogP) is 3.57. The highest BCUT2D eigenvalue weighted by molar-refractivity contribution is 5.67. The summed E-state index contributed by atoms with van der Waals surface area (Å²) in [6, 6.07) is 5.21. The third-order valence-electron chi connectivity index (χ3n) is 2.87. The molecule has 2 aromatic rings. The summed E-state index contributed by atoms with van der Waals surface area (Å²) in [5.74, 6) is 0.916. The van der Waals surface area contributed by atoms with Gasteiger partial charge in [0.1, 0.15) is 5.82 Å². The lowest BCUT2D eigenvalue weighted by molar-refractivity contribution is 0.431. The number of halogens is 1. The molecule has 0 radical (unpaired) electrons. The topological polar surface area (TPSA) is 52.0 Å². The first-order valence-electron chi connectivity index (χ1n) is 6.00. The molecule has 0 aliphatic carbocycles. The molecular formula is C14H17FN2O. The average molecular weight is 248 g/mol. The number of benzene rings is 1. The number of nitrogen functional groups attached to an aromatic ring is 1. The summed E-state index contributed by atoms with van der Waals surface area (Å²) >= 11 is 0. The van der Waals surface area contributed by atoms with Crippen molar-refractivity contribution in [3.05, 3.63) is 35.1 Å². The molecule has 4 heteroatoms. The van der Waals surface area contributed by atoms with Crippen molar-refractivity contribution in [2.24, 2.45) is 5.92 Å². The van der Waals surface area contributed by atoms with E-state index >= 15 is 0 Å². The minimum absolute atomic E-state index is 0.279. The molecule has 0 atom stereocenters. The molecule has 0 amide bonds. The van der Waals surface area contributed by atoms with Gasteiger partial charge in [-0.3, -0.25) is 0 Å². The molecular weight excluding hydrogens is 231 g/mol. The lowest BCUT2D eigenvalue weighted by Gasteiger charge is -2.07. The average Bonchev–Trinajstić information content (AvgIpc) is 2.64. The fraction of sp³-hybridized carbons (Fsp3) is 0.357. The van der Waals surface area contributed by atoms with Crippen LogP contribution in [0.25, 0.3) is 11.3 Å². The van der Waals surface area contributed by atoms with Gasteiger partial charge in [-0.2, -0.15) is 0 Å². The van der Waals surface area contributed by atoms with Crippen molar-refractivity contribution in [2.45, 2.75) is 27.2 Å². The van der Waals surface area contributed by atoms with E-state index in [-0.39, 0.29) is 5.82 Å². The second-order valence-electron chi connectivity index (χ2n) is 4.91. The zero-order chi connectivity index (χ0) is 13.3. The molecule has 96 valence electrons. The van der Waals surface area contributed by atoms with Gasteiger partial charge >= 0.3 is 0 Å². The number of anilines is 1. The lowest BCUT2D eigenvalue weighted by Crippen LogP contribution is -1.99. The van der Waals surface area contributed by atoms with Crippen LogP contribution in [-0.2, 0) is 6.42 Å². The molecule has 0 fully saturated rings. The van der Waals surface area contributed by atoms with Crippen LogP contribution in [-0.4, -0.2) is 5.16 Å². The van der Waals surface area contributed by atoms with E-state index in [0.717, 1.165) is 12.0 Å². The van der Waals surface area contributed by atoms with Gasteiger partial charge in [-0.25, -0.2) is 4.39 Å². The van der Waals surface area contributed by atoms with Gasteiger partial charge in [-0.1, -0.05) is 31.1 Å². The predicted molar refractivity (Wildman–Crippen MR) is 69.6 cm³/mol. The molecule has 0 spiro atoms. The SMILES string of the molecule is Cc1cccc(-c2onc(N)c2CC(C)C)c1F. The van der Waals surface area contributed by atoms with E-state index in [9.17, 15) is 4.39 Å². The van der Waals surface area contributed by atoms with Crippen LogP contribution in [0.1, 0.15) is 25.0 Å². The molecule has 0 aliphatic heterocycles. The van der Waals surface area contributed by atoms with Crippen molar-refractivity contribution in [3.63, 3.8) is 0 Å². The van der Waals surface area contributed by atoms with Crippen LogP contribution < -0.4 is 5.73 Å². The highest BCUT2D eigenvalue weighted by atomic mass is 19.1. The number of rotatable bonds is 3. The lowest BCUT2D eigenvalue weighted by atomic mass is 9.98. The van der Waals surface area contributed by atoms with Gasteiger partial charge in [-0.15, -0.1) is 0 Å². The Balaban J connectivity index is 2.54. The second-order valence-corrected chi connectivity index (χ2v) is 4.91. The maximum Gasteiger partial charge on any atom is 0.175 e. The van der Waals surface area contributed by atoms with Crippen LogP contribution in [0.4, 0.5) is 10.2 Å². The summed E-state index contributed by atoms with van der Waals surface area (Å²) in [7, 11) is 0. The minimum atomic E-state index is -0.279. The summed E-state index contributed by atoms with van der Waals surface area (Å²) in [5.41, 5.74) is 7.58. The van der Waals surface area contributed by atoms with E-state index in [1.807, 2.05) is 0 Å². The zero-order valence-electron chi connectivity index (χ0n) is 10.8. The van der Waals surface area contributed by atoms with E-state index in [1.54, 1.807) is 25.1 Å². The van der Waals surface area contributed by atoms with E-state index in [2.05, 4.69) is 19.0 Å². The van der Waals surface area contributed by atoms with Gasteiger partial charge in [0.2, 0.25) is 0 Å². The van der Waals surface area contributed by atoms with Crippen LogP contribution in [0.15, 0.2) is 22.7 Å². The second kappa shape index (κ2) is 4.80. The Labute approximate surface area is 106 Å². The molecule has 3 nitrogen and oxygen atoms in total. The van der Waals surface area contributed by atoms with Gasteiger partial charge in [-0.05, 0) is 30.9 Å². The summed E-state index contributed by atoms with van der Waals surface area (Å²) in [5, 5.41) is 3.75. The van der Waals surface area contributed by atoms with E-state index < -0.39 is 0 Å². The molecule has 18 heavy (non-hydrogen) atoms. The molecule has 0 aliphatic rings. The van der Waals surface area contributed by atoms with Crippen LogP contribution in [0.5, 0.6) is 0 Å². The highest BCUT2D eigenvalue weighted by Crippen LogP contribution is 2.32. The van der Waals surface area contributed by atoms with Gasteiger partial charge < -0.3 is 10.3 Å². The van der Waals surface area contributed by atoms with Crippen molar-refractivity contribution >= 4 is 5.82 Å². The van der Waals surface area contributed by atoms with Crippen LogP contribution in [0.2, 0.25) is 0 Å². The molecule has 0 saturated carbocycles. The normalized spacial score (nSPS) is 11.2. The standard InChI is InChI=1S/C14H17FN2O/c1-8(2)7-11-13(18-17-14(11)16)10-6-4-5-9(3)12(10)15/h4-6,8H,7H2,1-3H3,(H2,16,17). The number of aryl methyl sites for hydroxylation is 1. The van der Waals surface area contributed by atoms with Crippen molar-refractivity contribution in [1.82, 2.24) is 5.16 Å². The molecule has 0 saturated heterocycles. The third-order valence-corrected chi connectivity index (χ3v) is 2.87. The summed E-state index contributed by atoms with van der Waals surface area (Å²) in [4.78, 5) is 0. The van der Waals surface area contributed by atoms with Crippen molar-refractivity contribution < 1.29 is 8.91 Å². The fourth-order valence-electron chi connectivity index (χ4n) is 1.96. The van der Waals surface area contributed by atoms with Gasteiger partial charge in [0.05, 0.1) is 5.56 Å². The molecule has 1 aromatic heterocycles. The monoisotopic (exact) mass is 248 g/mol. The molecule has 2 rings (SSSR count). The first kappa shape index (κ1) is 12.6. The Morgan fingerprint density at radius 3 is 2.78 bits per heavy atom. The van der Waals surface area contributed by atoms with Crippen LogP contribution in [0, 0.1) is 18.7 Å². The Hall–Kier alpha value is -1.84. The van der Waals surface area contributed by atoms with E-state index in [0.29, 0.717) is 28.6 Å². The van der Waals surface area contributed by atoms with E-state index in [4.69, 9.17) is 10.3 Å². The Bertz CT molecular complexity index is 561. The number of hydrogen-bond donors (Lipinski definition) is 1. The first-order chi connectivity index (χ1) is 8.50. The number of nitrogens with two attached hydrogens (primary N) is 1. The maximum atomic E-state index is 14.1. The molecule has 1 aromatic carbocycles. The molecule has 0 bridgehead atoms. The van der Waals surface area contributed by atoms with Crippen molar-refractivity contribution in [2.75, 3.05) is 5.73 Å². The zero-order valence-corrected chi connectivity index (χ0v) is 10.8. The van der Waals surface area contributed by atoms with Gasteiger partial charge in [0.15, 0.2) is 11.6 Å². The van der Waals surface area contributed by atoms with Crippen LogP contribution in [0.3, 0.4) is 0 Å².